The van der Waals surface area contributed by atoms with Gasteiger partial charge in [0, 0.05) is 6.92 Å². The topological polar surface area (TPSA) is 62.0 Å². The quantitative estimate of drug-likeness (QED) is 0.112. The Morgan fingerprint density at radius 1 is 0.581 bits per heavy atom. The van der Waals surface area contributed by atoms with Gasteiger partial charge in [-0.25, -0.2) is 0 Å². The first-order valence-corrected chi connectivity index (χ1v) is 15.0. The fourth-order valence-corrected chi connectivity index (χ4v) is 15.7. The molecule has 5 heteroatoms. The van der Waals surface area contributed by atoms with Crippen LogP contribution in [0.3, 0.4) is 0 Å². The van der Waals surface area contributed by atoms with Crippen LogP contribution in [0.4, 0.5) is 0 Å². The van der Waals surface area contributed by atoms with Crippen molar-refractivity contribution >= 4 is 38.7 Å². The standard InChI is InChI=1S/4C6H5.C2H4N2O2.Sb/c4*1-2-4-6-5-3-1;1-2(3-5)4-6;/h4*1-5H;5H,1H3;. The van der Waals surface area contributed by atoms with Crippen LogP contribution < -0.4 is 14.0 Å². The zero-order valence-electron chi connectivity index (χ0n) is 17.2. The monoisotopic (exact) mass is 517 g/mol. The van der Waals surface area contributed by atoms with Crippen LogP contribution in [0.25, 0.3) is 0 Å². The van der Waals surface area contributed by atoms with Gasteiger partial charge in [0.2, 0.25) is 5.84 Å². The molecule has 4 rings (SSSR count). The number of hydrogen-bond donors (Lipinski definition) is 1. The normalized spacial score (nSPS) is 11.2. The average molecular weight is 518 g/mol. The minimum atomic E-state index is -3.17. The molecule has 0 aliphatic rings. The van der Waals surface area contributed by atoms with Gasteiger partial charge in [-0.3, -0.25) is 0 Å². The van der Waals surface area contributed by atoms with E-state index in [4.69, 9.17) is 5.21 Å². The summed E-state index contributed by atoms with van der Waals surface area (Å²) < 4.78 is 5.91. The average Bonchev–Trinajstić information content (AvgIpc) is 2.87. The van der Waals surface area contributed by atoms with Gasteiger partial charge < -0.3 is 5.21 Å². The van der Waals surface area contributed by atoms with Crippen molar-refractivity contribution in [2.24, 2.45) is 10.3 Å². The molecule has 0 aliphatic heterocycles. The van der Waals surface area contributed by atoms with Crippen molar-refractivity contribution in [3.63, 3.8) is 0 Å². The van der Waals surface area contributed by atoms with Crippen LogP contribution >= 0.6 is 0 Å². The van der Waals surface area contributed by atoms with Crippen molar-refractivity contribution in [2.75, 3.05) is 0 Å². The van der Waals surface area contributed by atoms with Crippen molar-refractivity contribution < 1.29 is 5.21 Å². The van der Waals surface area contributed by atoms with E-state index < -0.39 is 18.8 Å². The Kier molecular flexibility index (Phi) is 8.14. The van der Waals surface area contributed by atoms with Crippen LogP contribution in [0.5, 0.6) is 0 Å². The number of nitrogens with zero attached hydrogens (tertiary/aromatic N) is 2. The number of benzene rings is 4. The molecule has 1 radical (unpaired) electrons. The molecule has 0 bridgehead atoms. The number of nitroso groups, excluding NO2 is 1. The van der Waals surface area contributed by atoms with Crippen molar-refractivity contribution in [1.29, 1.82) is 0 Å². The third-order valence-electron chi connectivity index (χ3n) is 4.85. The summed E-state index contributed by atoms with van der Waals surface area (Å²) in [5.74, 6) is -0.157. The van der Waals surface area contributed by atoms with Crippen molar-refractivity contribution in [3.05, 3.63) is 126 Å². The molecule has 0 saturated carbocycles. The molecular weight excluding hydrogens is 494 g/mol. The van der Waals surface area contributed by atoms with E-state index in [0.717, 1.165) is 0 Å². The van der Waals surface area contributed by atoms with Gasteiger partial charge in [-0.2, -0.15) is 0 Å². The third kappa shape index (κ3) is 5.10. The van der Waals surface area contributed by atoms with Crippen LogP contribution in [0.1, 0.15) is 6.92 Å². The van der Waals surface area contributed by atoms with Crippen LogP contribution in [0, 0.1) is 4.91 Å². The summed E-state index contributed by atoms with van der Waals surface area (Å²) in [5, 5.41) is 12.3. The Morgan fingerprint density at radius 3 is 1.00 bits per heavy atom. The molecule has 1 N–H and O–H groups in total. The van der Waals surface area contributed by atoms with E-state index in [1.807, 2.05) is 0 Å². The summed E-state index contributed by atoms with van der Waals surface area (Å²) in [6.45, 7) is 1.30. The number of amidine groups is 1. The van der Waals surface area contributed by atoms with E-state index in [1.54, 1.807) is 0 Å². The molecule has 0 aromatic heterocycles. The Hall–Kier alpha value is -3.23. The van der Waals surface area contributed by atoms with Gasteiger partial charge in [0.1, 0.15) is 0 Å². The van der Waals surface area contributed by atoms with E-state index in [9.17, 15) is 4.91 Å². The van der Waals surface area contributed by atoms with Gasteiger partial charge in [0.05, 0.1) is 0 Å². The van der Waals surface area contributed by atoms with Gasteiger partial charge in [-0.05, 0) is 5.18 Å². The minimum absolute atomic E-state index is 0.157. The summed E-state index contributed by atoms with van der Waals surface area (Å²) in [7, 11) is 0. The summed E-state index contributed by atoms with van der Waals surface area (Å²) in [6.07, 6.45) is 0. The van der Waals surface area contributed by atoms with Gasteiger partial charge in [-0.1, -0.05) is 5.16 Å². The SMILES string of the molecule is CC(N=O)=NO.c1cc[c]([Sb]([c]2ccccc2)([c]2ccccc2)[c]2ccccc2)cc1. The molecule has 0 aliphatic carbocycles. The van der Waals surface area contributed by atoms with Crippen molar-refractivity contribution in [3.8, 4) is 0 Å². The summed E-state index contributed by atoms with van der Waals surface area (Å²) in [6, 6.07) is 44.4. The summed E-state index contributed by atoms with van der Waals surface area (Å²) >= 11 is -3.17. The fourth-order valence-electron chi connectivity index (χ4n) is 3.52. The first-order valence-electron chi connectivity index (χ1n) is 9.87. The Morgan fingerprint density at radius 2 is 0.839 bits per heavy atom. The molecule has 0 unspecified atom stereocenters. The summed E-state index contributed by atoms with van der Waals surface area (Å²) in [4.78, 5) is 9.20. The maximum atomic E-state index is 9.20. The molecular formula is C26H24N2O2Sb. The van der Waals surface area contributed by atoms with E-state index >= 15 is 0 Å². The van der Waals surface area contributed by atoms with E-state index in [0.29, 0.717) is 0 Å². The third-order valence-corrected chi connectivity index (χ3v) is 17.1. The molecule has 4 aromatic carbocycles. The van der Waals surface area contributed by atoms with E-state index in [2.05, 4.69) is 132 Å². The molecule has 0 saturated heterocycles. The van der Waals surface area contributed by atoms with Crippen LogP contribution in [-0.4, -0.2) is 29.8 Å². The molecule has 155 valence electrons. The predicted octanol–water partition coefficient (Wildman–Crippen LogP) is 3.62. The molecule has 0 fully saturated rings. The maximum absolute atomic E-state index is 9.20. The number of hydrogen-bond acceptors (Lipinski definition) is 3. The van der Waals surface area contributed by atoms with Crippen LogP contribution in [-0.2, 0) is 0 Å². The molecule has 0 atom stereocenters. The first kappa shape index (κ1) is 22.5. The van der Waals surface area contributed by atoms with Crippen molar-refractivity contribution in [2.45, 2.75) is 6.92 Å². The number of oxime groups is 1. The first-order chi connectivity index (χ1) is 15.2. The van der Waals surface area contributed by atoms with Gasteiger partial charge >= 0.3 is 154 Å². The molecule has 0 spiro atoms. The van der Waals surface area contributed by atoms with Gasteiger partial charge in [-0.15, -0.1) is 4.91 Å². The van der Waals surface area contributed by atoms with Gasteiger partial charge in [0.15, 0.2) is 0 Å². The Labute approximate surface area is 186 Å². The van der Waals surface area contributed by atoms with Crippen LogP contribution in [0.15, 0.2) is 132 Å². The predicted molar refractivity (Wildman–Crippen MR) is 131 cm³/mol. The van der Waals surface area contributed by atoms with Crippen molar-refractivity contribution in [1.82, 2.24) is 0 Å². The second kappa shape index (κ2) is 11.2. The fraction of sp³-hybridized carbons (Fsp3) is 0.0385. The second-order valence-corrected chi connectivity index (χ2v) is 16.5. The Balaban J connectivity index is 0.000000401. The van der Waals surface area contributed by atoms with E-state index in [1.165, 1.54) is 21.0 Å². The van der Waals surface area contributed by atoms with E-state index in [-0.39, 0.29) is 5.84 Å². The molecule has 0 heterocycles. The Bertz CT molecular complexity index is 940. The molecule has 4 aromatic rings. The molecule has 4 nitrogen and oxygen atoms in total. The summed E-state index contributed by atoms with van der Waals surface area (Å²) in [5.41, 5.74) is 0. The van der Waals surface area contributed by atoms with Gasteiger partial charge in [0.25, 0.3) is 0 Å². The van der Waals surface area contributed by atoms with Crippen LogP contribution in [0.2, 0.25) is 0 Å². The molecule has 0 amide bonds. The zero-order valence-corrected chi connectivity index (χ0v) is 19.8. The number of rotatable bonds is 4. The second-order valence-electron chi connectivity index (χ2n) is 6.75. The zero-order chi connectivity index (χ0) is 21.9. The molecule has 31 heavy (non-hydrogen) atoms.